The lowest BCUT2D eigenvalue weighted by Crippen LogP contribution is -2.60. The number of benzene rings is 1. The van der Waals surface area contributed by atoms with Gasteiger partial charge in [-0.05, 0) is 38.0 Å². The highest BCUT2D eigenvalue weighted by molar-refractivity contribution is 5.79. The maximum absolute atomic E-state index is 15.1. The van der Waals surface area contributed by atoms with Gasteiger partial charge in [0, 0.05) is 58.7 Å². The molecule has 7 nitrogen and oxygen atoms in total. The molecule has 1 saturated heterocycles. The summed E-state index contributed by atoms with van der Waals surface area (Å²) in [6.45, 7) is 4.93. The Balaban J connectivity index is 1.50. The van der Waals surface area contributed by atoms with Crippen LogP contribution in [0.3, 0.4) is 0 Å². The lowest BCUT2D eigenvalue weighted by molar-refractivity contribution is -0.0507. The highest BCUT2D eigenvalue weighted by Gasteiger charge is 2.39. The summed E-state index contributed by atoms with van der Waals surface area (Å²) in [5.74, 6) is -1.92. The zero-order valence-electron chi connectivity index (χ0n) is 20.7. The molecule has 0 spiro atoms. The van der Waals surface area contributed by atoms with Crippen LogP contribution in [0.25, 0.3) is 5.57 Å². The second-order valence-electron chi connectivity index (χ2n) is 9.95. The van der Waals surface area contributed by atoms with Crippen LogP contribution in [0, 0.1) is 5.82 Å². The third-order valence-corrected chi connectivity index (χ3v) is 6.93. The molecule has 200 valence electrons. The minimum atomic E-state index is -3.17. The predicted octanol–water partition coefficient (Wildman–Crippen LogP) is 4.63. The summed E-state index contributed by atoms with van der Waals surface area (Å²) in [4.78, 5) is 12.0. The number of aliphatic hydroxyl groups excluding tert-OH is 1. The Kier molecular flexibility index (Phi) is 6.52. The Labute approximate surface area is 216 Å². The number of alkyl halides is 2. The van der Waals surface area contributed by atoms with Crippen molar-refractivity contribution >= 4 is 11.5 Å². The number of rotatable bonds is 6. The number of β-amino-alcohol motifs (C(OH)–C–C–N with tert-alkyl or cyclic N) is 1. The van der Waals surface area contributed by atoms with Gasteiger partial charge in [0.05, 0.1) is 24.8 Å². The smallest absolute Gasteiger partial charge is 0.387 e. The third-order valence-electron chi connectivity index (χ3n) is 6.93. The van der Waals surface area contributed by atoms with Gasteiger partial charge in [-0.1, -0.05) is 12.6 Å². The van der Waals surface area contributed by atoms with E-state index in [0.717, 1.165) is 12.1 Å². The molecule has 2 N–H and O–H groups in total. The molecule has 0 saturated carbocycles. The van der Waals surface area contributed by atoms with Gasteiger partial charge >= 0.3 is 6.61 Å². The second kappa shape index (κ2) is 9.55. The number of anilines is 1. The number of aliphatic hydroxyl groups is 2. The van der Waals surface area contributed by atoms with Crippen molar-refractivity contribution in [2.45, 2.75) is 44.5 Å². The van der Waals surface area contributed by atoms with Crippen LogP contribution < -0.4 is 9.64 Å². The van der Waals surface area contributed by atoms with Crippen molar-refractivity contribution < 1.29 is 32.5 Å². The zero-order chi connectivity index (χ0) is 27.4. The van der Waals surface area contributed by atoms with E-state index in [9.17, 15) is 23.4 Å². The zero-order valence-corrected chi connectivity index (χ0v) is 20.7. The summed E-state index contributed by atoms with van der Waals surface area (Å²) < 4.78 is 59.8. The highest BCUT2D eigenvalue weighted by atomic mass is 19.3. The van der Waals surface area contributed by atoms with Crippen molar-refractivity contribution in [3.05, 3.63) is 89.2 Å². The number of hydrogen-bond acceptors (Lipinski definition) is 7. The van der Waals surface area contributed by atoms with Gasteiger partial charge in [0.25, 0.3) is 0 Å². The molecule has 0 amide bonds. The van der Waals surface area contributed by atoms with Crippen LogP contribution in [0.5, 0.6) is 5.75 Å². The Morgan fingerprint density at radius 3 is 2.50 bits per heavy atom. The Hall–Kier alpha value is -3.70. The first-order valence-corrected chi connectivity index (χ1v) is 11.9. The van der Waals surface area contributed by atoms with Crippen molar-refractivity contribution in [1.82, 2.24) is 14.9 Å². The van der Waals surface area contributed by atoms with Crippen molar-refractivity contribution in [2.75, 3.05) is 18.0 Å². The van der Waals surface area contributed by atoms with E-state index in [0.29, 0.717) is 35.9 Å². The van der Waals surface area contributed by atoms with Gasteiger partial charge in [-0.25, -0.2) is 18.7 Å². The number of halogens is 4. The quantitative estimate of drug-likeness (QED) is 0.527. The Morgan fingerprint density at radius 1 is 1.18 bits per heavy atom. The van der Waals surface area contributed by atoms with Gasteiger partial charge in [-0.15, -0.1) is 0 Å². The lowest BCUT2D eigenvalue weighted by Gasteiger charge is -2.44. The first-order chi connectivity index (χ1) is 17.9. The third kappa shape index (κ3) is 4.79. The molecule has 0 radical (unpaired) electrons. The molecule has 2 aliphatic heterocycles. The van der Waals surface area contributed by atoms with Crippen molar-refractivity contribution in [3.8, 4) is 5.75 Å². The van der Waals surface area contributed by atoms with Crippen molar-refractivity contribution in [3.63, 3.8) is 0 Å². The summed E-state index contributed by atoms with van der Waals surface area (Å²) in [5, 5.41) is 20.6. The van der Waals surface area contributed by atoms with E-state index in [1.807, 2.05) is 0 Å². The minimum absolute atomic E-state index is 0.128. The van der Waals surface area contributed by atoms with E-state index in [-0.39, 0.29) is 29.0 Å². The normalized spacial score (nSPS) is 23.0. The number of aromatic nitrogens is 2. The fourth-order valence-electron chi connectivity index (χ4n) is 5.13. The van der Waals surface area contributed by atoms with Crippen molar-refractivity contribution in [1.29, 1.82) is 0 Å². The molecule has 1 aliphatic carbocycles. The number of allylic oxidation sites excluding steroid dienone is 4. The van der Waals surface area contributed by atoms with E-state index >= 15 is 4.39 Å². The second-order valence-corrected chi connectivity index (χ2v) is 9.95. The molecular formula is C27H26F4N4O3. The molecule has 2 unspecified atom stereocenters. The molecule has 2 atom stereocenters. The molecule has 3 heterocycles. The van der Waals surface area contributed by atoms with E-state index in [1.54, 1.807) is 23.6 Å². The summed E-state index contributed by atoms with van der Waals surface area (Å²) >= 11 is 0. The van der Waals surface area contributed by atoms with Gasteiger partial charge < -0.3 is 24.7 Å². The summed E-state index contributed by atoms with van der Waals surface area (Å²) in [7, 11) is 0. The van der Waals surface area contributed by atoms with Crippen LogP contribution in [-0.4, -0.2) is 56.5 Å². The molecule has 11 heteroatoms. The molecule has 1 aromatic carbocycles. The molecule has 0 bridgehead atoms. The molecule has 38 heavy (non-hydrogen) atoms. The summed E-state index contributed by atoms with van der Waals surface area (Å²) in [6, 6.07) is 3.35. The highest BCUT2D eigenvalue weighted by Crippen LogP contribution is 2.47. The lowest BCUT2D eigenvalue weighted by atomic mass is 9.93. The van der Waals surface area contributed by atoms with E-state index in [2.05, 4.69) is 21.3 Å². The maximum Gasteiger partial charge on any atom is 0.387 e. The fourth-order valence-corrected chi connectivity index (χ4v) is 5.13. The van der Waals surface area contributed by atoms with Crippen LogP contribution in [-0.2, 0) is 0 Å². The van der Waals surface area contributed by atoms with E-state index in [1.165, 1.54) is 30.7 Å². The number of nitrogens with zero attached hydrogens (tertiary/aromatic N) is 4. The Bertz CT molecular complexity index is 1360. The van der Waals surface area contributed by atoms with Crippen LogP contribution in [0.1, 0.15) is 37.3 Å². The van der Waals surface area contributed by atoms with Gasteiger partial charge in [-0.2, -0.15) is 8.78 Å². The van der Waals surface area contributed by atoms with Crippen LogP contribution in [0.15, 0.2) is 72.2 Å². The first-order valence-electron chi connectivity index (χ1n) is 11.9. The minimum Gasteiger partial charge on any atom is -0.434 e. The molecule has 1 aromatic heterocycles. The van der Waals surface area contributed by atoms with Crippen LogP contribution in [0.4, 0.5) is 23.5 Å². The predicted molar refractivity (Wildman–Crippen MR) is 132 cm³/mol. The fraction of sp³-hybridized carbons (Fsp3) is 0.333. The first kappa shape index (κ1) is 25.9. The van der Waals surface area contributed by atoms with Gasteiger partial charge in [0.2, 0.25) is 5.95 Å². The molecule has 5 rings (SSSR count). The SMILES string of the molecule is C=C1C=C(F)C(c2cnc(N3CC(C)(O)C3)nc2)=CN1C1=C(C)C(O)CC1c1ccc(F)cc1OC(F)F. The van der Waals surface area contributed by atoms with E-state index in [4.69, 9.17) is 0 Å². The molecule has 3 aliphatic rings. The molecular weight excluding hydrogens is 504 g/mol. The van der Waals surface area contributed by atoms with Crippen molar-refractivity contribution in [2.24, 2.45) is 0 Å². The Morgan fingerprint density at radius 2 is 1.87 bits per heavy atom. The van der Waals surface area contributed by atoms with E-state index < -0.39 is 35.9 Å². The van der Waals surface area contributed by atoms with Gasteiger partial charge in [0.1, 0.15) is 17.4 Å². The van der Waals surface area contributed by atoms with Gasteiger partial charge in [0.15, 0.2) is 0 Å². The average Bonchev–Trinajstić information content (AvgIpc) is 3.11. The number of ether oxygens (including phenoxy) is 1. The monoisotopic (exact) mass is 530 g/mol. The largest absolute Gasteiger partial charge is 0.434 e. The standard InChI is InChI=1S/C27H26F4N4O3/c1-14-6-21(29)20(16-9-32-26(33-10-16)34-12-27(3,37)13-34)11-35(14)24-15(2)22(36)8-19(24)18-5-4-17(28)7-23(18)38-25(30)31/h4-7,9-11,19,22,25,36-37H,1,8,12-13H2,2-3H3. The summed E-state index contributed by atoms with van der Waals surface area (Å²) in [6.07, 6.45) is 4.86. The number of hydrogen-bond donors (Lipinski definition) is 2. The van der Waals surface area contributed by atoms with Crippen LogP contribution >= 0.6 is 0 Å². The topological polar surface area (TPSA) is 82.0 Å². The summed E-state index contributed by atoms with van der Waals surface area (Å²) in [5.41, 5.74) is 1.27. The maximum atomic E-state index is 15.1. The average molecular weight is 531 g/mol. The van der Waals surface area contributed by atoms with Gasteiger partial charge in [-0.3, -0.25) is 0 Å². The van der Waals surface area contributed by atoms with Crippen LogP contribution in [0.2, 0.25) is 0 Å². The molecule has 1 fully saturated rings. The molecule has 2 aromatic rings.